The molecule has 0 saturated carbocycles. The summed E-state index contributed by atoms with van der Waals surface area (Å²) in [5, 5.41) is 10.1. The summed E-state index contributed by atoms with van der Waals surface area (Å²) >= 11 is 6.51. The molecule has 0 aliphatic carbocycles. The number of nitrogens with zero attached hydrogens (tertiary/aromatic N) is 3. The van der Waals surface area contributed by atoms with Gasteiger partial charge in [0.15, 0.2) is 15.7 Å². The first-order valence-corrected chi connectivity index (χ1v) is 8.46. The number of hydrogen-bond acceptors (Lipinski definition) is 6. The Morgan fingerprint density at radius 3 is 3.00 bits per heavy atom. The van der Waals surface area contributed by atoms with Crippen LogP contribution in [-0.4, -0.2) is 30.6 Å². The third kappa shape index (κ3) is 3.49. The zero-order chi connectivity index (χ0) is 18.0. The van der Waals surface area contributed by atoms with Gasteiger partial charge < -0.3 is 4.98 Å². The van der Waals surface area contributed by atoms with Gasteiger partial charge in [-0.2, -0.15) is 5.10 Å². The minimum Gasteiger partial charge on any atom is -0.328 e. The van der Waals surface area contributed by atoms with Crippen LogP contribution >= 0.6 is 23.6 Å². The highest BCUT2D eigenvalue weighted by atomic mass is 32.1. The molecule has 3 heterocycles. The SMILES string of the molecule is C=CCn1c(-c2sc(NC(=O)c3ccc(=O)[nH]c3)nc2C)n[nH]c1=S. The molecule has 0 aliphatic heterocycles. The molecule has 0 bridgehead atoms. The first-order valence-electron chi connectivity index (χ1n) is 7.23. The van der Waals surface area contributed by atoms with Crippen molar-refractivity contribution in [3.63, 3.8) is 0 Å². The highest BCUT2D eigenvalue weighted by Gasteiger charge is 2.17. The number of allylic oxidation sites excluding steroid dienone is 1. The zero-order valence-corrected chi connectivity index (χ0v) is 14.8. The summed E-state index contributed by atoms with van der Waals surface area (Å²) in [5.74, 6) is 0.283. The van der Waals surface area contributed by atoms with E-state index in [0.29, 0.717) is 27.8 Å². The second-order valence-electron chi connectivity index (χ2n) is 5.08. The van der Waals surface area contributed by atoms with Crippen molar-refractivity contribution in [3.8, 4) is 10.7 Å². The smallest absolute Gasteiger partial charge is 0.258 e. The standard InChI is InChI=1S/C15H14N6O2S2/c1-3-6-21-12(19-20-15(21)24)11-8(2)17-14(25-11)18-13(23)9-4-5-10(22)16-7-9/h3-5,7H,1,6H2,2H3,(H,16,22)(H,20,24)(H,17,18,23). The summed E-state index contributed by atoms with van der Waals surface area (Å²) in [6, 6.07) is 2.74. The molecule has 3 N–H and O–H groups in total. The van der Waals surface area contributed by atoms with Gasteiger partial charge in [-0.25, -0.2) is 4.98 Å². The summed E-state index contributed by atoms with van der Waals surface area (Å²) in [5.41, 5.74) is 0.790. The van der Waals surface area contributed by atoms with E-state index in [2.05, 4.69) is 32.1 Å². The Hall–Kier alpha value is -2.85. The quantitative estimate of drug-likeness (QED) is 0.470. The van der Waals surface area contributed by atoms with Gasteiger partial charge in [0.05, 0.1) is 16.1 Å². The normalized spacial score (nSPS) is 10.6. The van der Waals surface area contributed by atoms with Gasteiger partial charge in [-0.05, 0) is 25.2 Å². The van der Waals surface area contributed by atoms with E-state index in [4.69, 9.17) is 12.2 Å². The van der Waals surface area contributed by atoms with Gasteiger partial charge in [-0.1, -0.05) is 17.4 Å². The van der Waals surface area contributed by atoms with E-state index < -0.39 is 0 Å². The minimum absolute atomic E-state index is 0.269. The molecule has 3 aromatic heterocycles. The van der Waals surface area contributed by atoms with Crippen LogP contribution in [0.2, 0.25) is 0 Å². The maximum absolute atomic E-state index is 12.2. The van der Waals surface area contributed by atoms with E-state index in [9.17, 15) is 9.59 Å². The van der Waals surface area contributed by atoms with Crippen molar-refractivity contribution in [2.24, 2.45) is 0 Å². The molecule has 0 saturated heterocycles. The lowest BCUT2D eigenvalue weighted by Gasteiger charge is -2.01. The number of thiazole rings is 1. The van der Waals surface area contributed by atoms with Crippen molar-refractivity contribution >= 4 is 34.6 Å². The molecule has 10 heteroatoms. The molecular weight excluding hydrogens is 360 g/mol. The van der Waals surface area contributed by atoms with Crippen LogP contribution in [0.25, 0.3) is 10.7 Å². The molecule has 0 aliphatic rings. The summed E-state index contributed by atoms with van der Waals surface area (Å²) in [7, 11) is 0. The number of carbonyl (C=O) groups is 1. The molecule has 3 rings (SSSR count). The Morgan fingerprint density at radius 2 is 2.32 bits per heavy atom. The number of aromatic nitrogens is 5. The largest absolute Gasteiger partial charge is 0.328 e. The summed E-state index contributed by atoms with van der Waals surface area (Å²) < 4.78 is 2.29. The highest BCUT2D eigenvalue weighted by molar-refractivity contribution is 7.71. The van der Waals surface area contributed by atoms with Crippen LogP contribution < -0.4 is 10.9 Å². The van der Waals surface area contributed by atoms with Gasteiger partial charge in [0, 0.05) is 18.8 Å². The van der Waals surface area contributed by atoms with Crippen molar-refractivity contribution in [1.82, 2.24) is 24.7 Å². The Morgan fingerprint density at radius 1 is 1.52 bits per heavy atom. The molecular formula is C15H14N6O2S2. The maximum atomic E-state index is 12.2. The number of H-pyrrole nitrogens is 2. The first-order chi connectivity index (χ1) is 12.0. The summed E-state index contributed by atoms with van der Waals surface area (Å²) in [6.45, 7) is 6.06. The Balaban J connectivity index is 1.89. The Kier molecular flexibility index (Phi) is 4.72. The van der Waals surface area contributed by atoms with Gasteiger partial charge in [0.25, 0.3) is 5.91 Å². The molecule has 128 valence electrons. The average Bonchev–Trinajstić information content (AvgIpc) is 3.11. The molecule has 0 fully saturated rings. The van der Waals surface area contributed by atoms with Crippen LogP contribution in [0.5, 0.6) is 0 Å². The molecule has 3 aromatic rings. The third-order valence-electron chi connectivity index (χ3n) is 3.34. The number of amides is 1. The predicted molar refractivity (Wildman–Crippen MR) is 98.5 cm³/mol. The van der Waals surface area contributed by atoms with Crippen molar-refractivity contribution in [1.29, 1.82) is 0 Å². The fourth-order valence-electron chi connectivity index (χ4n) is 2.17. The second kappa shape index (κ2) is 6.95. The Labute approximate surface area is 151 Å². The fourth-order valence-corrected chi connectivity index (χ4v) is 3.33. The number of hydrogen-bond donors (Lipinski definition) is 3. The molecule has 0 unspecified atom stereocenters. The lowest BCUT2D eigenvalue weighted by molar-refractivity contribution is 0.102. The van der Waals surface area contributed by atoms with E-state index in [1.807, 2.05) is 6.92 Å². The van der Waals surface area contributed by atoms with Gasteiger partial charge in [-0.3, -0.25) is 24.6 Å². The molecule has 0 atom stereocenters. The number of aromatic amines is 2. The molecule has 0 aromatic carbocycles. The van der Waals surface area contributed by atoms with Gasteiger partial charge >= 0.3 is 0 Å². The van der Waals surface area contributed by atoms with Crippen LogP contribution in [0.3, 0.4) is 0 Å². The van der Waals surface area contributed by atoms with Crippen molar-refractivity contribution in [2.45, 2.75) is 13.5 Å². The van der Waals surface area contributed by atoms with Crippen molar-refractivity contribution in [2.75, 3.05) is 5.32 Å². The van der Waals surface area contributed by atoms with Crippen LogP contribution in [0, 0.1) is 11.7 Å². The van der Waals surface area contributed by atoms with Crippen molar-refractivity contribution < 1.29 is 4.79 Å². The zero-order valence-electron chi connectivity index (χ0n) is 13.2. The topological polar surface area (TPSA) is 108 Å². The lowest BCUT2D eigenvalue weighted by Crippen LogP contribution is -2.14. The molecule has 1 amide bonds. The number of aryl methyl sites for hydroxylation is 1. The number of pyridine rings is 1. The highest BCUT2D eigenvalue weighted by Crippen LogP contribution is 2.31. The maximum Gasteiger partial charge on any atom is 0.258 e. The van der Waals surface area contributed by atoms with E-state index in [0.717, 1.165) is 10.6 Å². The van der Waals surface area contributed by atoms with Crippen molar-refractivity contribution in [3.05, 3.63) is 57.4 Å². The fraction of sp³-hybridized carbons (Fsp3) is 0.133. The van der Waals surface area contributed by atoms with E-state index in [-0.39, 0.29) is 11.5 Å². The predicted octanol–water partition coefficient (Wildman–Crippen LogP) is 2.50. The third-order valence-corrected chi connectivity index (χ3v) is 4.72. The molecule has 8 nitrogen and oxygen atoms in total. The monoisotopic (exact) mass is 374 g/mol. The summed E-state index contributed by atoms with van der Waals surface area (Å²) in [4.78, 5) is 30.9. The molecule has 25 heavy (non-hydrogen) atoms. The van der Waals surface area contributed by atoms with Crippen LogP contribution in [0.4, 0.5) is 5.13 Å². The average molecular weight is 374 g/mol. The van der Waals surface area contributed by atoms with E-state index in [1.165, 1.54) is 29.7 Å². The number of anilines is 1. The van der Waals surface area contributed by atoms with E-state index >= 15 is 0 Å². The Bertz CT molecular complexity index is 1040. The summed E-state index contributed by atoms with van der Waals surface area (Å²) in [6.07, 6.45) is 3.08. The minimum atomic E-state index is -0.360. The number of rotatable bonds is 5. The molecule has 0 spiro atoms. The van der Waals surface area contributed by atoms with Gasteiger partial charge in [0.1, 0.15) is 0 Å². The van der Waals surface area contributed by atoms with Crippen LogP contribution in [0.15, 0.2) is 35.8 Å². The van der Waals surface area contributed by atoms with E-state index in [1.54, 1.807) is 10.6 Å². The van der Waals surface area contributed by atoms with Gasteiger partial charge in [0.2, 0.25) is 5.56 Å². The number of carbonyl (C=O) groups excluding carboxylic acids is 1. The lowest BCUT2D eigenvalue weighted by atomic mass is 10.3. The number of nitrogens with one attached hydrogen (secondary N) is 3. The van der Waals surface area contributed by atoms with Crippen LogP contribution in [0.1, 0.15) is 16.1 Å². The van der Waals surface area contributed by atoms with Gasteiger partial charge in [-0.15, -0.1) is 6.58 Å². The van der Waals surface area contributed by atoms with Crippen LogP contribution in [-0.2, 0) is 6.54 Å². The second-order valence-corrected chi connectivity index (χ2v) is 6.47. The first kappa shape index (κ1) is 17.0. The molecule has 0 radical (unpaired) electrons.